The summed E-state index contributed by atoms with van der Waals surface area (Å²) in [7, 11) is 3.67. The van der Waals surface area contributed by atoms with Gasteiger partial charge < -0.3 is 14.8 Å². The third-order valence-corrected chi connectivity index (χ3v) is 2.69. The highest BCUT2D eigenvalue weighted by Gasteiger charge is 2.07. The molecule has 1 aromatic carbocycles. The van der Waals surface area contributed by atoms with Crippen molar-refractivity contribution in [3.05, 3.63) is 29.8 Å². The van der Waals surface area contributed by atoms with Crippen LogP contribution in [0.5, 0.6) is 5.75 Å². The number of hydrogen-bond donors (Lipinski definition) is 1. The molecular formula is C14H23NO2. The minimum Gasteiger partial charge on any atom is -0.497 e. The molecule has 0 radical (unpaired) electrons. The molecule has 1 atom stereocenters. The predicted octanol–water partition coefficient (Wildman–Crippen LogP) is 2.25. The van der Waals surface area contributed by atoms with Gasteiger partial charge in [-0.05, 0) is 37.6 Å². The second-order valence-corrected chi connectivity index (χ2v) is 4.12. The highest BCUT2D eigenvalue weighted by atomic mass is 16.5. The third-order valence-electron chi connectivity index (χ3n) is 2.69. The van der Waals surface area contributed by atoms with Crippen molar-refractivity contribution in [2.24, 2.45) is 0 Å². The van der Waals surface area contributed by atoms with E-state index in [9.17, 15) is 0 Å². The van der Waals surface area contributed by atoms with Crippen molar-refractivity contribution in [2.45, 2.75) is 25.8 Å². The molecule has 0 aliphatic rings. The van der Waals surface area contributed by atoms with Crippen molar-refractivity contribution >= 4 is 0 Å². The second-order valence-electron chi connectivity index (χ2n) is 4.12. The molecule has 3 nitrogen and oxygen atoms in total. The summed E-state index contributed by atoms with van der Waals surface area (Å²) >= 11 is 0. The predicted molar refractivity (Wildman–Crippen MR) is 70.7 cm³/mol. The first-order valence-electron chi connectivity index (χ1n) is 6.18. The van der Waals surface area contributed by atoms with Crippen LogP contribution < -0.4 is 10.1 Å². The van der Waals surface area contributed by atoms with Crippen LogP contribution in [0.1, 0.15) is 18.9 Å². The van der Waals surface area contributed by atoms with Gasteiger partial charge in [0.1, 0.15) is 5.75 Å². The lowest BCUT2D eigenvalue weighted by molar-refractivity contribution is 0.114. The van der Waals surface area contributed by atoms with Crippen LogP contribution in [0.15, 0.2) is 24.3 Å². The first kappa shape index (κ1) is 14.0. The summed E-state index contributed by atoms with van der Waals surface area (Å²) in [6.45, 7) is 3.70. The van der Waals surface area contributed by atoms with Crippen molar-refractivity contribution in [2.75, 3.05) is 27.4 Å². The van der Waals surface area contributed by atoms with E-state index < -0.39 is 0 Å². The molecule has 0 fully saturated rings. The molecule has 0 saturated heterocycles. The number of benzene rings is 1. The van der Waals surface area contributed by atoms with Gasteiger partial charge in [-0.25, -0.2) is 0 Å². The first-order chi connectivity index (χ1) is 8.30. The van der Waals surface area contributed by atoms with Gasteiger partial charge in [-0.1, -0.05) is 19.1 Å². The molecule has 0 aliphatic heterocycles. The largest absolute Gasteiger partial charge is 0.497 e. The fourth-order valence-electron chi connectivity index (χ4n) is 1.70. The van der Waals surface area contributed by atoms with E-state index in [1.54, 1.807) is 7.11 Å². The maximum Gasteiger partial charge on any atom is 0.119 e. The Morgan fingerprint density at radius 1 is 1.35 bits per heavy atom. The smallest absolute Gasteiger partial charge is 0.119 e. The van der Waals surface area contributed by atoms with Gasteiger partial charge in [-0.15, -0.1) is 0 Å². The number of nitrogens with one attached hydrogen (secondary N) is 1. The molecule has 1 unspecified atom stereocenters. The average molecular weight is 237 g/mol. The van der Waals surface area contributed by atoms with Crippen molar-refractivity contribution < 1.29 is 9.47 Å². The van der Waals surface area contributed by atoms with Crippen LogP contribution >= 0.6 is 0 Å². The fraction of sp³-hybridized carbons (Fsp3) is 0.571. The minimum absolute atomic E-state index is 0.355. The summed E-state index contributed by atoms with van der Waals surface area (Å²) in [5.74, 6) is 0.909. The molecule has 1 rings (SSSR count). The maximum atomic E-state index is 5.57. The van der Waals surface area contributed by atoms with Gasteiger partial charge in [0, 0.05) is 12.6 Å². The molecule has 0 aromatic heterocycles. The van der Waals surface area contributed by atoms with E-state index in [1.807, 2.05) is 19.2 Å². The van der Waals surface area contributed by atoms with Gasteiger partial charge in [0.25, 0.3) is 0 Å². The standard InChI is InChI=1S/C14H23NO2/c1-4-8-17-11-13(15-2)9-12-6-5-7-14(10-12)16-3/h5-7,10,13,15H,4,8-9,11H2,1-3H3. The lowest BCUT2D eigenvalue weighted by atomic mass is 10.1. The zero-order valence-corrected chi connectivity index (χ0v) is 11.0. The molecule has 0 aliphatic carbocycles. The van der Waals surface area contributed by atoms with E-state index in [1.165, 1.54) is 5.56 Å². The Bertz CT molecular complexity index is 315. The molecule has 17 heavy (non-hydrogen) atoms. The Hall–Kier alpha value is -1.06. The molecule has 0 heterocycles. The SMILES string of the molecule is CCCOCC(Cc1cccc(OC)c1)NC. The lowest BCUT2D eigenvalue weighted by Gasteiger charge is -2.16. The topological polar surface area (TPSA) is 30.5 Å². The summed E-state index contributed by atoms with van der Waals surface area (Å²) in [6, 6.07) is 8.53. The van der Waals surface area contributed by atoms with Gasteiger partial charge in [-0.3, -0.25) is 0 Å². The Kier molecular flexibility index (Phi) is 6.67. The molecule has 96 valence electrons. The molecule has 0 saturated carbocycles. The van der Waals surface area contributed by atoms with Gasteiger partial charge in [0.2, 0.25) is 0 Å². The quantitative estimate of drug-likeness (QED) is 0.703. The van der Waals surface area contributed by atoms with Crippen molar-refractivity contribution in [1.82, 2.24) is 5.32 Å². The summed E-state index contributed by atoms with van der Waals surface area (Å²) in [5, 5.41) is 3.28. The van der Waals surface area contributed by atoms with Crippen LogP contribution in [-0.2, 0) is 11.2 Å². The van der Waals surface area contributed by atoms with Crippen LogP contribution in [0.2, 0.25) is 0 Å². The van der Waals surface area contributed by atoms with Gasteiger partial charge in [-0.2, -0.15) is 0 Å². The van der Waals surface area contributed by atoms with Crippen LogP contribution in [-0.4, -0.2) is 33.4 Å². The van der Waals surface area contributed by atoms with Crippen molar-refractivity contribution in [3.63, 3.8) is 0 Å². The number of methoxy groups -OCH3 is 1. The Labute approximate surface area is 104 Å². The highest BCUT2D eigenvalue weighted by Crippen LogP contribution is 2.14. The van der Waals surface area contributed by atoms with Crippen LogP contribution in [0.3, 0.4) is 0 Å². The Balaban J connectivity index is 2.48. The van der Waals surface area contributed by atoms with Gasteiger partial charge in [0.15, 0.2) is 0 Å². The first-order valence-corrected chi connectivity index (χ1v) is 6.18. The van der Waals surface area contributed by atoms with E-state index in [4.69, 9.17) is 9.47 Å². The van der Waals surface area contributed by atoms with E-state index in [-0.39, 0.29) is 0 Å². The van der Waals surface area contributed by atoms with Crippen molar-refractivity contribution in [3.8, 4) is 5.75 Å². The van der Waals surface area contributed by atoms with E-state index >= 15 is 0 Å². The summed E-state index contributed by atoms with van der Waals surface area (Å²) in [4.78, 5) is 0. The summed E-state index contributed by atoms with van der Waals surface area (Å²) in [6.07, 6.45) is 2.02. The fourth-order valence-corrected chi connectivity index (χ4v) is 1.70. The molecule has 0 bridgehead atoms. The van der Waals surface area contributed by atoms with Gasteiger partial charge in [0.05, 0.1) is 13.7 Å². The average Bonchev–Trinajstić information content (AvgIpc) is 2.38. The minimum atomic E-state index is 0.355. The zero-order valence-electron chi connectivity index (χ0n) is 11.0. The second kappa shape index (κ2) is 8.09. The Morgan fingerprint density at radius 3 is 2.82 bits per heavy atom. The summed E-state index contributed by atoms with van der Waals surface area (Å²) in [5.41, 5.74) is 1.27. The number of hydrogen-bond acceptors (Lipinski definition) is 3. The van der Waals surface area contributed by atoms with E-state index in [0.717, 1.165) is 31.8 Å². The molecule has 1 N–H and O–H groups in total. The third kappa shape index (κ3) is 5.20. The molecule has 0 amide bonds. The summed E-state index contributed by atoms with van der Waals surface area (Å²) < 4.78 is 10.8. The highest BCUT2D eigenvalue weighted by molar-refractivity contribution is 5.28. The van der Waals surface area contributed by atoms with Crippen molar-refractivity contribution in [1.29, 1.82) is 0 Å². The van der Waals surface area contributed by atoms with E-state index in [0.29, 0.717) is 6.04 Å². The lowest BCUT2D eigenvalue weighted by Crippen LogP contribution is -2.32. The molecular weight excluding hydrogens is 214 g/mol. The Morgan fingerprint density at radius 2 is 2.18 bits per heavy atom. The molecule has 3 heteroatoms. The number of ether oxygens (including phenoxy) is 2. The van der Waals surface area contributed by atoms with Gasteiger partial charge >= 0.3 is 0 Å². The zero-order chi connectivity index (χ0) is 12.5. The van der Waals surface area contributed by atoms with Crippen LogP contribution in [0.4, 0.5) is 0 Å². The number of likely N-dealkylation sites (N-methyl/N-ethyl adjacent to an activating group) is 1. The number of rotatable bonds is 8. The molecule has 1 aromatic rings. The van der Waals surface area contributed by atoms with E-state index in [2.05, 4.69) is 24.4 Å². The monoisotopic (exact) mass is 237 g/mol. The maximum absolute atomic E-state index is 5.57. The van der Waals surface area contributed by atoms with Crippen LogP contribution in [0.25, 0.3) is 0 Å². The normalized spacial score (nSPS) is 12.4. The van der Waals surface area contributed by atoms with Crippen LogP contribution in [0, 0.1) is 0 Å². The molecule has 0 spiro atoms.